The summed E-state index contributed by atoms with van der Waals surface area (Å²) in [5.74, 6) is -1.36. The maximum atomic E-state index is 12.1. The molecule has 2 aromatic rings. The highest BCUT2D eigenvalue weighted by atomic mass is 35.5. The van der Waals surface area contributed by atoms with E-state index in [0.29, 0.717) is 16.5 Å². The van der Waals surface area contributed by atoms with E-state index in [-0.39, 0.29) is 18.7 Å². The zero-order valence-electron chi connectivity index (χ0n) is 13.3. The van der Waals surface area contributed by atoms with Crippen LogP contribution < -0.4 is 9.64 Å². The fourth-order valence-corrected chi connectivity index (χ4v) is 2.66. The lowest BCUT2D eigenvalue weighted by Gasteiger charge is -2.15. The number of hydrogen-bond acceptors (Lipinski definition) is 5. The smallest absolute Gasteiger partial charge is 0.326 e. The molecule has 25 heavy (non-hydrogen) atoms. The first-order chi connectivity index (χ1) is 12.0. The molecule has 2 aromatic carbocycles. The number of halogens is 1. The molecule has 0 aromatic heterocycles. The standard InChI is InChI=1S/C18H14ClNO5/c1-24-13-5-2-11(3-6-13)10-25-16(21)9-20-15-7-4-12(19)8-14(15)17(22)18(20)23/h2-8H,9-10H2,1H3. The van der Waals surface area contributed by atoms with Gasteiger partial charge in [-0.15, -0.1) is 0 Å². The van der Waals surface area contributed by atoms with Crippen LogP contribution in [0.25, 0.3) is 0 Å². The molecule has 0 saturated heterocycles. The molecule has 6 nitrogen and oxygen atoms in total. The lowest BCUT2D eigenvalue weighted by Crippen LogP contribution is -2.35. The molecular weight excluding hydrogens is 346 g/mol. The lowest BCUT2D eigenvalue weighted by molar-refractivity contribution is -0.143. The van der Waals surface area contributed by atoms with Crippen molar-refractivity contribution in [2.24, 2.45) is 0 Å². The highest BCUT2D eigenvalue weighted by Crippen LogP contribution is 2.31. The largest absolute Gasteiger partial charge is 0.497 e. The minimum atomic E-state index is -0.765. The van der Waals surface area contributed by atoms with Crippen molar-refractivity contribution in [2.45, 2.75) is 6.61 Å². The number of fused-ring (bicyclic) bond motifs is 1. The average Bonchev–Trinajstić information content (AvgIpc) is 2.85. The van der Waals surface area contributed by atoms with E-state index in [2.05, 4.69) is 0 Å². The van der Waals surface area contributed by atoms with Gasteiger partial charge in [0.25, 0.3) is 11.7 Å². The Balaban J connectivity index is 1.65. The molecule has 1 aliphatic heterocycles. The van der Waals surface area contributed by atoms with Gasteiger partial charge in [-0.3, -0.25) is 19.3 Å². The van der Waals surface area contributed by atoms with Gasteiger partial charge in [0.15, 0.2) is 0 Å². The van der Waals surface area contributed by atoms with E-state index in [4.69, 9.17) is 21.1 Å². The van der Waals surface area contributed by atoms with Crippen molar-refractivity contribution in [3.05, 3.63) is 58.6 Å². The number of rotatable bonds is 5. The molecule has 1 heterocycles. The molecule has 0 spiro atoms. The van der Waals surface area contributed by atoms with Gasteiger partial charge in [-0.1, -0.05) is 23.7 Å². The normalized spacial score (nSPS) is 13.0. The molecule has 0 aliphatic carbocycles. The minimum Gasteiger partial charge on any atom is -0.497 e. The lowest BCUT2D eigenvalue weighted by atomic mass is 10.1. The third-order valence-electron chi connectivity index (χ3n) is 3.78. The van der Waals surface area contributed by atoms with Crippen LogP contribution in [0.1, 0.15) is 15.9 Å². The van der Waals surface area contributed by atoms with Crippen molar-refractivity contribution in [3.63, 3.8) is 0 Å². The Morgan fingerprint density at radius 1 is 1.12 bits per heavy atom. The summed E-state index contributed by atoms with van der Waals surface area (Å²) in [7, 11) is 1.56. The quantitative estimate of drug-likeness (QED) is 0.606. The third-order valence-corrected chi connectivity index (χ3v) is 4.01. The Morgan fingerprint density at radius 3 is 2.52 bits per heavy atom. The number of ether oxygens (including phenoxy) is 2. The summed E-state index contributed by atoms with van der Waals surface area (Å²) in [5, 5.41) is 0.351. The summed E-state index contributed by atoms with van der Waals surface area (Å²) in [5.41, 5.74) is 1.34. The number of amides is 1. The first-order valence-corrected chi connectivity index (χ1v) is 7.81. The number of methoxy groups -OCH3 is 1. The van der Waals surface area contributed by atoms with Gasteiger partial charge in [-0.05, 0) is 35.9 Å². The Bertz CT molecular complexity index is 847. The van der Waals surface area contributed by atoms with Crippen LogP contribution in [0.3, 0.4) is 0 Å². The van der Waals surface area contributed by atoms with Gasteiger partial charge in [0.2, 0.25) is 0 Å². The summed E-state index contributed by atoms with van der Waals surface area (Å²) in [4.78, 5) is 37.2. The number of anilines is 1. The van der Waals surface area contributed by atoms with Gasteiger partial charge < -0.3 is 9.47 Å². The summed E-state index contributed by atoms with van der Waals surface area (Å²) in [6, 6.07) is 11.6. The van der Waals surface area contributed by atoms with Crippen LogP contribution in [0.2, 0.25) is 5.02 Å². The highest BCUT2D eigenvalue weighted by molar-refractivity contribution is 6.53. The van der Waals surface area contributed by atoms with Crippen molar-refractivity contribution in [1.29, 1.82) is 0 Å². The Hall–Kier alpha value is -2.86. The minimum absolute atomic E-state index is 0.0618. The van der Waals surface area contributed by atoms with Gasteiger partial charge in [-0.2, -0.15) is 0 Å². The first-order valence-electron chi connectivity index (χ1n) is 7.44. The molecule has 0 N–H and O–H groups in total. The van der Waals surface area contributed by atoms with E-state index in [1.807, 2.05) is 0 Å². The topological polar surface area (TPSA) is 72.9 Å². The molecule has 1 aliphatic rings. The SMILES string of the molecule is COc1ccc(COC(=O)CN2C(=O)C(=O)c3cc(Cl)ccc32)cc1. The molecule has 128 valence electrons. The fourth-order valence-electron chi connectivity index (χ4n) is 2.49. The predicted octanol–water partition coefficient (Wildman–Crippen LogP) is 2.62. The number of carbonyl (C=O) groups excluding carboxylic acids is 3. The molecule has 0 unspecified atom stereocenters. The first kappa shape index (κ1) is 17.0. The van der Waals surface area contributed by atoms with E-state index >= 15 is 0 Å². The van der Waals surface area contributed by atoms with Crippen LogP contribution in [0.4, 0.5) is 5.69 Å². The van der Waals surface area contributed by atoms with Gasteiger partial charge in [-0.25, -0.2) is 0 Å². The summed E-state index contributed by atoms with van der Waals surface area (Å²) in [6.45, 7) is -0.276. The van der Waals surface area contributed by atoms with Crippen LogP contribution in [0.5, 0.6) is 5.75 Å². The van der Waals surface area contributed by atoms with Crippen molar-refractivity contribution in [3.8, 4) is 5.75 Å². The zero-order valence-corrected chi connectivity index (χ0v) is 14.1. The van der Waals surface area contributed by atoms with Crippen molar-refractivity contribution >= 4 is 34.9 Å². The number of ketones is 1. The average molecular weight is 360 g/mol. The van der Waals surface area contributed by atoms with E-state index in [9.17, 15) is 14.4 Å². The maximum absolute atomic E-state index is 12.1. The maximum Gasteiger partial charge on any atom is 0.326 e. The molecule has 3 rings (SSSR count). The summed E-state index contributed by atoms with van der Waals surface area (Å²) >= 11 is 5.85. The van der Waals surface area contributed by atoms with E-state index in [0.717, 1.165) is 10.5 Å². The van der Waals surface area contributed by atoms with Crippen LogP contribution >= 0.6 is 11.6 Å². The molecule has 0 radical (unpaired) electrons. The van der Waals surface area contributed by atoms with Crippen molar-refractivity contribution in [2.75, 3.05) is 18.6 Å². The summed E-state index contributed by atoms with van der Waals surface area (Å²) < 4.78 is 10.2. The van der Waals surface area contributed by atoms with Crippen LogP contribution in [-0.4, -0.2) is 31.3 Å². The monoisotopic (exact) mass is 359 g/mol. The molecule has 0 bridgehead atoms. The second kappa shape index (κ2) is 6.94. The number of Topliss-reactive ketones (excluding diaryl/α,β-unsaturated/α-hetero) is 1. The second-order valence-electron chi connectivity index (χ2n) is 5.39. The number of esters is 1. The van der Waals surface area contributed by atoms with Gasteiger partial charge in [0.1, 0.15) is 18.9 Å². The van der Waals surface area contributed by atoms with Crippen LogP contribution in [0.15, 0.2) is 42.5 Å². The Morgan fingerprint density at radius 2 is 1.84 bits per heavy atom. The van der Waals surface area contributed by atoms with Crippen molar-refractivity contribution < 1.29 is 23.9 Å². The highest BCUT2D eigenvalue weighted by Gasteiger charge is 2.37. The molecule has 1 amide bonds. The molecular formula is C18H14ClNO5. The van der Waals surface area contributed by atoms with Crippen LogP contribution in [0, 0.1) is 0 Å². The number of hydrogen-bond donors (Lipinski definition) is 0. The molecule has 0 saturated carbocycles. The molecule has 7 heteroatoms. The Labute approximate surface area is 148 Å². The van der Waals surface area contributed by atoms with Crippen LogP contribution in [-0.2, 0) is 20.9 Å². The second-order valence-corrected chi connectivity index (χ2v) is 5.83. The predicted molar refractivity (Wildman–Crippen MR) is 90.9 cm³/mol. The number of carbonyl (C=O) groups is 3. The van der Waals surface area contributed by atoms with E-state index in [1.54, 1.807) is 37.4 Å². The number of benzene rings is 2. The fraction of sp³-hybridized carbons (Fsp3) is 0.167. The zero-order chi connectivity index (χ0) is 18.0. The van der Waals surface area contributed by atoms with Gasteiger partial charge in [0, 0.05) is 5.02 Å². The summed E-state index contributed by atoms with van der Waals surface area (Å²) in [6.07, 6.45) is 0. The molecule has 0 fully saturated rings. The van der Waals surface area contributed by atoms with Gasteiger partial charge >= 0.3 is 5.97 Å². The molecule has 0 atom stereocenters. The van der Waals surface area contributed by atoms with Gasteiger partial charge in [0.05, 0.1) is 18.4 Å². The third kappa shape index (κ3) is 3.49. The Kier molecular flexibility index (Phi) is 4.72. The van der Waals surface area contributed by atoms with E-state index < -0.39 is 17.7 Å². The number of nitrogens with zero attached hydrogens (tertiary/aromatic N) is 1. The van der Waals surface area contributed by atoms with E-state index in [1.165, 1.54) is 12.1 Å². The van der Waals surface area contributed by atoms with Crippen molar-refractivity contribution in [1.82, 2.24) is 0 Å².